The van der Waals surface area contributed by atoms with Gasteiger partial charge in [-0.25, -0.2) is 30.9 Å². The molecule has 0 spiro atoms. The molecule has 1 fully saturated rings. The summed E-state index contributed by atoms with van der Waals surface area (Å²) in [4.78, 5) is 17.3. The van der Waals surface area contributed by atoms with E-state index in [2.05, 4.69) is 10.3 Å². The zero-order chi connectivity index (χ0) is 24.8. The zero-order valence-corrected chi connectivity index (χ0v) is 19.7. The number of anilines is 1. The van der Waals surface area contributed by atoms with Gasteiger partial charge in [-0.05, 0) is 25.5 Å². The number of halogens is 3. The molecule has 0 aliphatic carbocycles. The van der Waals surface area contributed by atoms with Crippen LogP contribution in [0.5, 0.6) is 0 Å². The number of hydrogen-bond donors (Lipinski definition) is 1. The van der Waals surface area contributed by atoms with Gasteiger partial charge in [0.2, 0.25) is 10.0 Å². The van der Waals surface area contributed by atoms with E-state index in [1.807, 2.05) is 0 Å². The Hall–Kier alpha value is -2.92. The number of hydrogen-bond acceptors (Lipinski definition) is 5. The van der Waals surface area contributed by atoms with Crippen molar-refractivity contribution in [3.63, 3.8) is 0 Å². The molecule has 11 heteroatoms. The summed E-state index contributed by atoms with van der Waals surface area (Å²) in [6, 6.07) is 6.60. The lowest BCUT2D eigenvalue weighted by Crippen LogP contribution is -2.29. The Balaban J connectivity index is 1.74. The van der Waals surface area contributed by atoms with Gasteiger partial charge in [0.15, 0.2) is 0 Å². The summed E-state index contributed by atoms with van der Waals surface area (Å²) in [5, 5.41) is 3.75. The van der Waals surface area contributed by atoms with Crippen LogP contribution in [0.4, 0.5) is 18.9 Å². The minimum Gasteiger partial charge on any atom is -0.378 e. The Morgan fingerprint density at radius 2 is 1.91 bits per heavy atom. The van der Waals surface area contributed by atoms with Crippen molar-refractivity contribution in [1.82, 2.24) is 13.9 Å². The molecule has 1 saturated heterocycles. The van der Waals surface area contributed by atoms with Crippen LogP contribution in [-0.2, 0) is 17.1 Å². The first-order valence-corrected chi connectivity index (χ1v) is 12.6. The van der Waals surface area contributed by atoms with Crippen molar-refractivity contribution in [2.75, 3.05) is 24.7 Å². The first-order chi connectivity index (χ1) is 16.0. The fourth-order valence-corrected chi connectivity index (χ4v) is 5.35. The van der Waals surface area contributed by atoms with Crippen molar-refractivity contribution in [1.29, 1.82) is 0 Å². The molecule has 1 aliphatic heterocycles. The highest BCUT2D eigenvalue weighted by atomic mass is 32.2. The zero-order valence-electron chi connectivity index (χ0n) is 18.9. The second-order valence-electron chi connectivity index (χ2n) is 8.58. The second-order valence-corrected chi connectivity index (χ2v) is 10.6. The van der Waals surface area contributed by atoms with Gasteiger partial charge in [0.1, 0.15) is 11.5 Å². The molecule has 3 heterocycles. The van der Waals surface area contributed by atoms with Gasteiger partial charge in [-0.2, -0.15) is 0 Å². The van der Waals surface area contributed by atoms with Crippen molar-refractivity contribution < 1.29 is 21.6 Å². The summed E-state index contributed by atoms with van der Waals surface area (Å²) in [6.45, 7) is 2.20. The highest BCUT2D eigenvalue weighted by Crippen LogP contribution is 2.33. The number of aryl methyl sites for hydroxylation is 1. The van der Waals surface area contributed by atoms with E-state index in [1.165, 1.54) is 27.2 Å². The van der Waals surface area contributed by atoms with Crippen molar-refractivity contribution in [3.05, 3.63) is 69.4 Å². The summed E-state index contributed by atoms with van der Waals surface area (Å²) in [7, 11) is -1.78. The Labute approximate surface area is 195 Å². The standard InChI is InChI=1S/C23H25F3N4O3S/c1-13(15-5-4-6-16(20(15)24)21(25)26)28-19-7-9-27-22-18(19)11-17(23(31)29(22)2)14-8-10-30(12-14)34(3,32)33/h4-7,9,11,13-14,21H,8,10,12H2,1-3H3,(H,27,28)/t13-,14?/m1/s1. The Morgan fingerprint density at radius 1 is 1.21 bits per heavy atom. The molecule has 1 aromatic carbocycles. The van der Waals surface area contributed by atoms with E-state index in [1.54, 1.807) is 26.1 Å². The summed E-state index contributed by atoms with van der Waals surface area (Å²) in [6.07, 6.45) is 0.231. The van der Waals surface area contributed by atoms with E-state index in [4.69, 9.17) is 0 Å². The summed E-state index contributed by atoms with van der Waals surface area (Å²) >= 11 is 0. The molecule has 0 amide bonds. The molecule has 3 aromatic rings. The van der Waals surface area contributed by atoms with Crippen LogP contribution in [0.25, 0.3) is 11.0 Å². The highest BCUT2D eigenvalue weighted by Gasteiger charge is 2.31. The number of fused-ring (bicyclic) bond motifs is 1. The third kappa shape index (κ3) is 4.41. The predicted molar refractivity (Wildman–Crippen MR) is 124 cm³/mol. The molecule has 2 atom stereocenters. The molecule has 34 heavy (non-hydrogen) atoms. The molecule has 1 N–H and O–H groups in total. The molecule has 1 unspecified atom stereocenters. The lowest BCUT2D eigenvalue weighted by Gasteiger charge is -2.20. The number of nitrogens with zero attached hydrogens (tertiary/aromatic N) is 3. The Kier molecular flexibility index (Phi) is 6.43. The fourth-order valence-electron chi connectivity index (χ4n) is 4.46. The van der Waals surface area contributed by atoms with Crippen molar-refractivity contribution >= 4 is 26.7 Å². The van der Waals surface area contributed by atoms with Crippen LogP contribution in [0.2, 0.25) is 0 Å². The molecule has 2 aromatic heterocycles. The number of aromatic nitrogens is 2. The summed E-state index contributed by atoms with van der Waals surface area (Å²) in [5.74, 6) is -1.24. The number of benzene rings is 1. The third-order valence-electron chi connectivity index (χ3n) is 6.33. The minimum atomic E-state index is -3.37. The lowest BCUT2D eigenvalue weighted by molar-refractivity contribution is 0.146. The SMILES string of the molecule is C[C@@H](Nc1ccnc2c1cc(C1CCN(S(C)(=O)=O)C1)c(=O)n2C)c1cccc(C(F)F)c1F. The van der Waals surface area contributed by atoms with Gasteiger partial charge < -0.3 is 5.32 Å². The van der Waals surface area contributed by atoms with Crippen molar-refractivity contribution in [3.8, 4) is 0 Å². The van der Waals surface area contributed by atoms with Crippen LogP contribution in [-0.4, -0.2) is 41.6 Å². The number of nitrogens with one attached hydrogen (secondary N) is 1. The highest BCUT2D eigenvalue weighted by molar-refractivity contribution is 7.88. The number of pyridine rings is 2. The summed E-state index contributed by atoms with van der Waals surface area (Å²) < 4.78 is 67.6. The van der Waals surface area contributed by atoms with E-state index in [9.17, 15) is 26.4 Å². The molecular weight excluding hydrogens is 469 g/mol. The van der Waals surface area contributed by atoms with Gasteiger partial charge in [-0.3, -0.25) is 9.36 Å². The topological polar surface area (TPSA) is 84.3 Å². The van der Waals surface area contributed by atoms with Gasteiger partial charge in [-0.15, -0.1) is 0 Å². The third-order valence-corrected chi connectivity index (χ3v) is 7.60. The molecular formula is C23H25F3N4O3S. The average molecular weight is 495 g/mol. The van der Waals surface area contributed by atoms with Crippen LogP contribution >= 0.6 is 0 Å². The normalized spacial score (nSPS) is 18.0. The molecule has 7 nitrogen and oxygen atoms in total. The first kappa shape index (κ1) is 24.2. The minimum absolute atomic E-state index is 0.0902. The Morgan fingerprint density at radius 3 is 2.56 bits per heavy atom. The Bertz CT molecular complexity index is 1410. The first-order valence-electron chi connectivity index (χ1n) is 10.8. The van der Waals surface area contributed by atoms with E-state index in [-0.39, 0.29) is 23.6 Å². The van der Waals surface area contributed by atoms with Crippen LogP contribution in [0, 0.1) is 5.82 Å². The molecule has 0 saturated carbocycles. The maximum Gasteiger partial charge on any atom is 0.266 e. The fraction of sp³-hybridized carbons (Fsp3) is 0.391. The summed E-state index contributed by atoms with van der Waals surface area (Å²) in [5.41, 5.74) is 0.580. The second kappa shape index (κ2) is 9.03. The molecule has 0 radical (unpaired) electrons. The number of alkyl halides is 2. The van der Waals surface area contributed by atoms with E-state index < -0.39 is 33.9 Å². The maximum atomic E-state index is 14.7. The van der Waals surface area contributed by atoms with Crippen LogP contribution < -0.4 is 10.9 Å². The molecule has 0 bridgehead atoms. The maximum absolute atomic E-state index is 14.7. The smallest absolute Gasteiger partial charge is 0.266 e. The van der Waals surface area contributed by atoms with Gasteiger partial charge in [0, 0.05) is 54.5 Å². The van der Waals surface area contributed by atoms with E-state index in [0.717, 1.165) is 12.3 Å². The van der Waals surface area contributed by atoms with Crippen LogP contribution in [0.1, 0.15) is 48.4 Å². The number of sulfonamides is 1. The van der Waals surface area contributed by atoms with Gasteiger partial charge >= 0.3 is 0 Å². The van der Waals surface area contributed by atoms with Gasteiger partial charge in [-0.1, -0.05) is 18.2 Å². The van der Waals surface area contributed by atoms with Crippen molar-refractivity contribution in [2.24, 2.45) is 7.05 Å². The molecule has 182 valence electrons. The lowest BCUT2D eigenvalue weighted by atomic mass is 9.98. The van der Waals surface area contributed by atoms with E-state index in [0.29, 0.717) is 35.2 Å². The molecule has 1 aliphatic rings. The van der Waals surface area contributed by atoms with Crippen LogP contribution in [0.3, 0.4) is 0 Å². The number of rotatable bonds is 6. The van der Waals surface area contributed by atoms with Gasteiger partial charge in [0.25, 0.3) is 12.0 Å². The largest absolute Gasteiger partial charge is 0.378 e. The van der Waals surface area contributed by atoms with Gasteiger partial charge in [0.05, 0.1) is 17.9 Å². The average Bonchev–Trinajstić information content (AvgIpc) is 3.27. The predicted octanol–water partition coefficient (Wildman–Crippen LogP) is 3.93. The van der Waals surface area contributed by atoms with Crippen LogP contribution in [0.15, 0.2) is 41.3 Å². The monoisotopic (exact) mass is 494 g/mol. The quantitative estimate of drug-likeness (QED) is 0.561. The molecule has 4 rings (SSSR count). The van der Waals surface area contributed by atoms with E-state index >= 15 is 0 Å². The van der Waals surface area contributed by atoms with Crippen molar-refractivity contribution in [2.45, 2.75) is 31.7 Å².